The van der Waals surface area contributed by atoms with E-state index in [1.165, 1.54) is 0 Å². The molecule has 0 saturated heterocycles. The molecule has 1 amide bonds. The number of benzene rings is 1. The van der Waals surface area contributed by atoms with Gasteiger partial charge in [0.1, 0.15) is 0 Å². The number of nitrogens with two attached hydrogens (primary N) is 2. The Balaban J connectivity index is 2.29. The van der Waals surface area contributed by atoms with Gasteiger partial charge < -0.3 is 11.5 Å². The van der Waals surface area contributed by atoms with Crippen LogP contribution in [0.4, 0.5) is 0 Å². The van der Waals surface area contributed by atoms with E-state index in [-0.39, 0.29) is 0 Å². The highest BCUT2D eigenvalue weighted by atomic mass is 16.1. The van der Waals surface area contributed by atoms with E-state index >= 15 is 0 Å². The van der Waals surface area contributed by atoms with E-state index in [1.54, 1.807) is 6.20 Å². The summed E-state index contributed by atoms with van der Waals surface area (Å²) < 4.78 is 0. The van der Waals surface area contributed by atoms with E-state index in [4.69, 9.17) is 11.5 Å². The molecule has 0 bridgehead atoms. The predicted octanol–water partition coefficient (Wildman–Crippen LogP) is 0.590. The van der Waals surface area contributed by atoms with Crippen LogP contribution < -0.4 is 11.5 Å². The maximum atomic E-state index is 10.9. The average molecular weight is 215 g/mol. The smallest absolute Gasteiger partial charge is 0.234 e. The van der Waals surface area contributed by atoms with Crippen LogP contribution in [0.5, 0.6) is 0 Å². The second kappa shape index (κ2) is 4.28. The number of primary amides is 1. The fourth-order valence-electron chi connectivity index (χ4n) is 1.61. The second-order valence-electron chi connectivity index (χ2n) is 3.74. The molecule has 1 heterocycles. The number of aromatic nitrogens is 1. The molecule has 0 aliphatic carbocycles. The zero-order valence-corrected chi connectivity index (χ0v) is 8.76. The molecule has 1 aromatic carbocycles. The minimum absolute atomic E-state index is 0.458. The van der Waals surface area contributed by atoms with Gasteiger partial charge in [-0.3, -0.25) is 9.78 Å². The molecule has 4 N–H and O–H groups in total. The highest BCUT2D eigenvalue weighted by Crippen LogP contribution is 2.14. The van der Waals surface area contributed by atoms with Gasteiger partial charge in [0.2, 0.25) is 5.91 Å². The Hall–Kier alpha value is -1.94. The third-order valence-electron chi connectivity index (χ3n) is 2.49. The molecule has 2 rings (SSSR count). The Labute approximate surface area is 93.3 Å². The Morgan fingerprint density at radius 2 is 2.19 bits per heavy atom. The number of hydrogen-bond donors (Lipinski definition) is 2. The lowest BCUT2D eigenvalue weighted by Crippen LogP contribution is -2.38. The Kier molecular flexibility index (Phi) is 2.83. The van der Waals surface area contributed by atoms with Crippen LogP contribution in [0.1, 0.15) is 5.56 Å². The second-order valence-corrected chi connectivity index (χ2v) is 3.74. The highest BCUT2D eigenvalue weighted by molar-refractivity contribution is 5.81. The zero-order valence-electron chi connectivity index (χ0n) is 8.76. The lowest BCUT2D eigenvalue weighted by molar-refractivity contribution is -0.119. The van der Waals surface area contributed by atoms with Crippen LogP contribution in [0.2, 0.25) is 0 Å². The van der Waals surface area contributed by atoms with Crippen molar-refractivity contribution in [3.8, 4) is 0 Å². The van der Waals surface area contributed by atoms with E-state index in [0.717, 1.165) is 16.5 Å². The molecular formula is C12H13N3O. The monoisotopic (exact) mass is 215 g/mol. The van der Waals surface area contributed by atoms with Gasteiger partial charge in [-0.1, -0.05) is 12.1 Å². The molecule has 4 heteroatoms. The molecule has 0 spiro atoms. The maximum absolute atomic E-state index is 10.9. The lowest BCUT2D eigenvalue weighted by atomic mass is 10.0. The summed E-state index contributed by atoms with van der Waals surface area (Å²) in [5.41, 5.74) is 12.6. The predicted molar refractivity (Wildman–Crippen MR) is 62.6 cm³/mol. The summed E-state index contributed by atoms with van der Waals surface area (Å²) in [7, 11) is 0. The minimum Gasteiger partial charge on any atom is -0.368 e. The molecule has 0 saturated carbocycles. The number of rotatable bonds is 3. The molecule has 1 aromatic heterocycles. The third-order valence-corrected chi connectivity index (χ3v) is 2.49. The van der Waals surface area contributed by atoms with Crippen molar-refractivity contribution in [1.82, 2.24) is 4.98 Å². The molecule has 2 aromatic rings. The third kappa shape index (κ3) is 2.17. The zero-order chi connectivity index (χ0) is 11.5. The van der Waals surface area contributed by atoms with Crippen LogP contribution in [0, 0.1) is 0 Å². The fraction of sp³-hybridized carbons (Fsp3) is 0.167. The average Bonchev–Trinajstić information content (AvgIpc) is 2.28. The van der Waals surface area contributed by atoms with Crippen LogP contribution >= 0.6 is 0 Å². The van der Waals surface area contributed by atoms with E-state index < -0.39 is 11.9 Å². The Morgan fingerprint density at radius 1 is 1.38 bits per heavy atom. The number of carbonyl (C=O) groups is 1. The molecule has 82 valence electrons. The van der Waals surface area contributed by atoms with Gasteiger partial charge in [-0.15, -0.1) is 0 Å². The molecule has 0 radical (unpaired) electrons. The largest absolute Gasteiger partial charge is 0.368 e. The van der Waals surface area contributed by atoms with Gasteiger partial charge in [0, 0.05) is 11.6 Å². The summed E-state index contributed by atoms with van der Waals surface area (Å²) in [4.78, 5) is 15.1. The van der Waals surface area contributed by atoms with Gasteiger partial charge in [-0.2, -0.15) is 0 Å². The summed E-state index contributed by atoms with van der Waals surface area (Å²) in [6.45, 7) is 0. The Morgan fingerprint density at radius 3 is 2.94 bits per heavy atom. The first kappa shape index (κ1) is 10.6. The van der Waals surface area contributed by atoms with Gasteiger partial charge in [-0.05, 0) is 30.2 Å². The van der Waals surface area contributed by atoms with Crippen LogP contribution in [-0.2, 0) is 11.2 Å². The van der Waals surface area contributed by atoms with Crippen molar-refractivity contribution in [2.75, 3.05) is 0 Å². The number of pyridine rings is 1. The summed E-state index contributed by atoms with van der Waals surface area (Å²) in [6, 6.07) is 9.03. The highest BCUT2D eigenvalue weighted by Gasteiger charge is 2.10. The van der Waals surface area contributed by atoms with E-state index in [9.17, 15) is 4.79 Å². The van der Waals surface area contributed by atoms with E-state index in [2.05, 4.69) is 4.98 Å². The summed E-state index contributed by atoms with van der Waals surface area (Å²) >= 11 is 0. The first-order chi connectivity index (χ1) is 7.66. The van der Waals surface area contributed by atoms with Gasteiger partial charge in [0.25, 0.3) is 0 Å². The van der Waals surface area contributed by atoms with Crippen molar-refractivity contribution in [3.05, 3.63) is 42.1 Å². The van der Waals surface area contributed by atoms with Crippen LogP contribution in [0.15, 0.2) is 36.5 Å². The van der Waals surface area contributed by atoms with Gasteiger partial charge in [0.15, 0.2) is 0 Å². The molecule has 0 aliphatic heterocycles. The fourth-order valence-corrected chi connectivity index (χ4v) is 1.61. The normalized spacial score (nSPS) is 12.6. The quantitative estimate of drug-likeness (QED) is 0.786. The molecule has 16 heavy (non-hydrogen) atoms. The van der Waals surface area contributed by atoms with Gasteiger partial charge >= 0.3 is 0 Å². The summed E-state index contributed by atoms with van der Waals surface area (Å²) in [5.74, 6) is -0.480. The maximum Gasteiger partial charge on any atom is 0.234 e. The number of fused-ring (bicyclic) bond motifs is 1. The van der Waals surface area contributed by atoms with Gasteiger partial charge in [0.05, 0.1) is 11.6 Å². The summed E-state index contributed by atoms with van der Waals surface area (Å²) in [5, 5.41) is 1.04. The van der Waals surface area contributed by atoms with Crippen molar-refractivity contribution in [2.24, 2.45) is 11.5 Å². The molecule has 4 nitrogen and oxygen atoms in total. The van der Waals surface area contributed by atoms with Crippen molar-refractivity contribution in [2.45, 2.75) is 12.5 Å². The van der Waals surface area contributed by atoms with Crippen molar-refractivity contribution < 1.29 is 4.79 Å². The van der Waals surface area contributed by atoms with Crippen LogP contribution in [0.3, 0.4) is 0 Å². The molecule has 1 atom stereocenters. The Bertz CT molecular complexity index is 524. The number of amides is 1. The molecular weight excluding hydrogens is 202 g/mol. The van der Waals surface area contributed by atoms with E-state index in [0.29, 0.717) is 6.42 Å². The first-order valence-electron chi connectivity index (χ1n) is 5.05. The molecule has 1 unspecified atom stereocenters. The van der Waals surface area contributed by atoms with E-state index in [1.807, 2.05) is 30.3 Å². The summed E-state index contributed by atoms with van der Waals surface area (Å²) in [6.07, 6.45) is 2.21. The van der Waals surface area contributed by atoms with Crippen LogP contribution in [0.25, 0.3) is 10.9 Å². The molecule has 0 aliphatic rings. The topological polar surface area (TPSA) is 82.0 Å². The van der Waals surface area contributed by atoms with Crippen molar-refractivity contribution in [1.29, 1.82) is 0 Å². The minimum atomic E-state index is -0.630. The number of hydrogen-bond acceptors (Lipinski definition) is 3. The number of carbonyl (C=O) groups excluding carboxylic acids is 1. The number of nitrogens with zero attached hydrogens (tertiary/aromatic N) is 1. The van der Waals surface area contributed by atoms with Crippen molar-refractivity contribution in [3.63, 3.8) is 0 Å². The van der Waals surface area contributed by atoms with Crippen LogP contribution in [-0.4, -0.2) is 16.9 Å². The standard InChI is InChI=1S/C12H13N3O/c13-10(12(14)16)7-8-3-4-11-9(6-8)2-1-5-15-11/h1-6,10H,7,13H2,(H2,14,16). The molecule has 0 fully saturated rings. The SMILES string of the molecule is NC(=O)C(N)Cc1ccc2ncccc2c1. The first-order valence-corrected chi connectivity index (χ1v) is 5.05. The van der Waals surface area contributed by atoms with Gasteiger partial charge in [-0.25, -0.2) is 0 Å². The lowest BCUT2D eigenvalue weighted by Gasteiger charge is -2.07. The van der Waals surface area contributed by atoms with Crippen molar-refractivity contribution >= 4 is 16.8 Å².